The van der Waals surface area contributed by atoms with Gasteiger partial charge in [0.05, 0.1) is 6.04 Å². The molecular formula is C11H20N2O. The number of amides is 1. The molecule has 0 spiro atoms. The highest BCUT2D eigenvalue weighted by Crippen LogP contribution is 2.18. The zero-order chi connectivity index (χ0) is 10.4. The van der Waals surface area contributed by atoms with E-state index in [1.165, 1.54) is 0 Å². The average Bonchev–Trinajstić information content (AvgIpc) is 2.96. The van der Waals surface area contributed by atoms with Crippen molar-refractivity contribution in [3.8, 4) is 0 Å². The van der Waals surface area contributed by atoms with Crippen molar-refractivity contribution in [1.82, 2.24) is 10.6 Å². The van der Waals surface area contributed by atoms with Gasteiger partial charge in [-0.3, -0.25) is 4.79 Å². The van der Waals surface area contributed by atoms with Crippen molar-refractivity contribution in [2.24, 2.45) is 0 Å². The molecule has 0 aromatic rings. The lowest BCUT2D eigenvalue weighted by atomic mass is 10.2. The van der Waals surface area contributed by atoms with Gasteiger partial charge >= 0.3 is 0 Å². The Morgan fingerprint density at radius 2 is 2.36 bits per heavy atom. The lowest BCUT2D eigenvalue weighted by Gasteiger charge is -2.13. The molecule has 0 radical (unpaired) electrons. The molecular weight excluding hydrogens is 176 g/mol. The van der Waals surface area contributed by atoms with Crippen LogP contribution in [0, 0.1) is 0 Å². The third kappa shape index (κ3) is 4.42. The summed E-state index contributed by atoms with van der Waals surface area (Å²) in [5, 5.41) is 6.16. The Morgan fingerprint density at radius 3 is 2.93 bits per heavy atom. The topological polar surface area (TPSA) is 41.1 Å². The van der Waals surface area contributed by atoms with Gasteiger partial charge in [-0.05, 0) is 39.2 Å². The zero-order valence-electron chi connectivity index (χ0n) is 8.88. The molecule has 0 aliphatic heterocycles. The van der Waals surface area contributed by atoms with Gasteiger partial charge in [-0.25, -0.2) is 0 Å². The summed E-state index contributed by atoms with van der Waals surface area (Å²) in [7, 11) is 0. The molecule has 1 amide bonds. The van der Waals surface area contributed by atoms with Crippen LogP contribution in [-0.4, -0.2) is 24.5 Å². The first-order chi connectivity index (χ1) is 6.74. The van der Waals surface area contributed by atoms with E-state index < -0.39 is 0 Å². The van der Waals surface area contributed by atoms with E-state index >= 15 is 0 Å². The van der Waals surface area contributed by atoms with Crippen molar-refractivity contribution < 1.29 is 4.79 Å². The number of nitrogens with one attached hydrogen (secondary N) is 2. The van der Waals surface area contributed by atoms with Crippen LogP contribution in [0.4, 0.5) is 0 Å². The summed E-state index contributed by atoms with van der Waals surface area (Å²) in [5.74, 6) is 0.131. The molecule has 14 heavy (non-hydrogen) atoms. The van der Waals surface area contributed by atoms with E-state index in [0.717, 1.165) is 32.2 Å². The number of rotatable bonds is 7. The van der Waals surface area contributed by atoms with E-state index in [-0.39, 0.29) is 11.9 Å². The third-order valence-corrected chi connectivity index (χ3v) is 2.35. The Bertz CT molecular complexity index is 199. The van der Waals surface area contributed by atoms with E-state index in [2.05, 4.69) is 17.2 Å². The summed E-state index contributed by atoms with van der Waals surface area (Å²) >= 11 is 0. The number of hydrogen-bond acceptors (Lipinski definition) is 2. The highest BCUT2D eigenvalue weighted by Gasteiger charge is 2.25. The molecule has 1 unspecified atom stereocenters. The van der Waals surface area contributed by atoms with Crippen molar-refractivity contribution >= 4 is 5.91 Å². The molecule has 0 saturated heterocycles. The maximum atomic E-state index is 11.5. The second kappa shape index (κ2) is 5.81. The Morgan fingerprint density at radius 1 is 1.64 bits per heavy atom. The van der Waals surface area contributed by atoms with E-state index in [9.17, 15) is 4.79 Å². The molecule has 1 atom stereocenters. The van der Waals surface area contributed by atoms with Crippen LogP contribution in [0.1, 0.15) is 32.6 Å². The Kier molecular flexibility index (Phi) is 4.66. The third-order valence-electron chi connectivity index (χ3n) is 2.35. The fourth-order valence-corrected chi connectivity index (χ4v) is 1.21. The van der Waals surface area contributed by atoms with Gasteiger partial charge in [-0.15, -0.1) is 6.58 Å². The lowest BCUT2D eigenvalue weighted by Crippen LogP contribution is -2.43. The zero-order valence-corrected chi connectivity index (χ0v) is 8.88. The molecule has 1 rings (SSSR count). The molecule has 0 bridgehead atoms. The smallest absolute Gasteiger partial charge is 0.237 e. The Labute approximate surface area is 86.0 Å². The maximum absolute atomic E-state index is 11.5. The number of hydrogen-bond donors (Lipinski definition) is 2. The molecule has 1 aliphatic carbocycles. The van der Waals surface area contributed by atoms with E-state index in [4.69, 9.17) is 0 Å². The van der Waals surface area contributed by atoms with Crippen molar-refractivity contribution in [1.29, 1.82) is 0 Å². The Balaban J connectivity index is 2.03. The van der Waals surface area contributed by atoms with Crippen molar-refractivity contribution in [3.05, 3.63) is 12.7 Å². The molecule has 1 fully saturated rings. The van der Waals surface area contributed by atoms with Gasteiger partial charge in [0.25, 0.3) is 0 Å². The number of unbranched alkanes of at least 4 members (excludes halogenated alkanes) is 1. The van der Waals surface area contributed by atoms with Gasteiger partial charge in [0.15, 0.2) is 0 Å². The minimum Gasteiger partial charge on any atom is -0.352 e. The fourth-order valence-electron chi connectivity index (χ4n) is 1.21. The summed E-state index contributed by atoms with van der Waals surface area (Å²) < 4.78 is 0. The minimum absolute atomic E-state index is 0.0691. The van der Waals surface area contributed by atoms with Crippen molar-refractivity contribution in [3.63, 3.8) is 0 Å². The van der Waals surface area contributed by atoms with Crippen LogP contribution >= 0.6 is 0 Å². The fraction of sp³-hybridized carbons (Fsp3) is 0.727. The van der Waals surface area contributed by atoms with Crippen LogP contribution in [0.25, 0.3) is 0 Å². The van der Waals surface area contributed by atoms with Gasteiger partial charge in [0.1, 0.15) is 0 Å². The van der Waals surface area contributed by atoms with Crippen LogP contribution < -0.4 is 10.6 Å². The summed E-state index contributed by atoms with van der Waals surface area (Å²) in [4.78, 5) is 11.5. The standard InChI is InChI=1S/C11H20N2O/c1-3-4-5-8-12-9(2)11(14)13-10-6-7-10/h3,9-10,12H,1,4-8H2,2H3,(H,13,14). The molecule has 0 aromatic heterocycles. The van der Waals surface area contributed by atoms with Crippen LogP contribution in [0.5, 0.6) is 0 Å². The predicted octanol–water partition coefficient (Wildman–Crippen LogP) is 1.21. The summed E-state index contributed by atoms with van der Waals surface area (Å²) in [6, 6.07) is 0.389. The summed E-state index contributed by atoms with van der Waals surface area (Å²) in [6.07, 6.45) is 6.25. The normalized spacial score (nSPS) is 17.5. The predicted molar refractivity (Wildman–Crippen MR) is 58.1 cm³/mol. The highest BCUT2D eigenvalue weighted by molar-refractivity contribution is 5.81. The molecule has 1 saturated carbocycles. The Hall–Kier alpha value is -0.830. The number of carbonyl (C=O) groups is 1. The molecule has 1 aliphatic rings. The molecule has 3 nitrogen and oxygen atoms in total. The van der Waals surface area contributed by atoms with E-state index in [1.54, 1.807) is 0 Å². The second-order valence-corrected chi connectivity index (χ2v) is 3.89. The van der Waals surface area contributed by atoms with Gasteiger partial charge in [-0.1, -0.05) is 6.08 Å². The van der Waals surface area contributed by atoms with Crippen molar-refractivity contribution in [2.45, 2.75) is 44.7 Å². The molecule has 0 heterocycles. The molecule has 3 heteroatoms. The summed E-state index contributed by atoms with van der Waals surface area (Å²) in [5.41, 5.74) is 0. The van der Waals surface area contributed by atoms with Gasteiger partial charge in [0, 0.05) is 6.04 Å². The van der Waals surface area contributed by atoms with Crippen LogP contribution in [0.2, 0.25) is 0 Å². The molecule has 0 aromatic carbocycles. The quantitative estimate of drug-likeness (QED) is 0.474. The number of allylic oxidation sites excluding steroid dienone is 1. The largest absolute Gasteiger partial charge is 0.352 e. The lowest BCUT2D eigenvalue weighted by molar-refractivity contribution is -0.122. The average molecular weight is 196 g/mol. The SMILES string of the molecule is C=CCCCNC(C)C(=O)NC1CC1. The van der Waals surface area contributed by atoms with Gasteiger partial charge in [0.2, 0.25) is 5.91 Å². The first-order valence-corrected chi connectivity index (χ1v) is 5.38. The van der Waals surface area contributed by atoms with Crippen LogP contribution in [-0.2, 0) is 4.79 Å². The number of carbonyl (C=O) groups excluding carboxylic acids is 1. The molecule has 2 N–H and O–H groups in total. The van der Waals surface area contributed by atoms with Crippen molar-refractivity contribution in [2.75, 3.05) is 6.54 Å². The van der Waals surface area contributed by atoms with Gasteiger partial charge in [-0.2, -0.15) is 0 Å². The van der Waals surface area contributed by atoms with Gasteiger partial charge < -0.3 is 10.6 Å². The highest BCUT2D eigenvalue weighted by atomic mass is 16.2. The second-order valence-electron chi connectivity index (χ2n) is 3.89. The molecule has 80 valence electrons. The summed E-state index contributed by atoms with van der Waals surface area (Å²) in [6.45, 7) is 6.44. The first kappa shape index (κ1) is 11.2. The first-order valence-electron chi connectivity index (χ1n) is 5.38. The van der Waals surface area contributed by atoms with Crippen LogP contribution in [0.15, 0.2) is 12.7 Å². The monoisotopic (exact) mass is 196 g/mol. The maximum Gasteiger partial charge on any atom is 0.237 e. The van der Waals surface area contributed by atoms with E-state index in [1.807, 2.05) is 13.0 Å². The van der Waals surface area contributed by atoms with E-state index in [0.29, 0.717) is 6.04 Å². The van der Waals surface area contributed by atoms with Crippen LogP contribution in [0.3, 0.4) is 0 Å². The minimum atomic E-state index is -0.0691.